The van der Waals surface area contributed by atoms with E-state index in [1.54, 1.807) is 0 Å². The molecule has 0 aliphatic heterocycles. The lowest BCUT2D eigenvalue weighted by molar-refractivity contribution is 0.527. The number of hydrogen-bond donors (Lipinski definition) is 1. The van der Waals surface area contributed by atoms with Crippen LogP contribution in [0, 0.1) is 0 Å². The normalized spacial score (nSPS) is 3.60. The summed E-state index contributed by atoms with van der Waals surface area (Å²) >= 11 is 0. The maximum atomic E-state index is 10.3. The Morgan fingerprint density at radius 1 is 1.60 bits per heavy atom. The first-order chi connectivity index (χ1) is 1.41. The molecule has 0 aromatic rings. The Morgan fingerprint density at radius 2 is 1.60 bits per heavy atom. The lowest BCUT2D eigenvalue weighted by Crippen LogP contribution is -1.40. The van der Waals surface area contributed by atoms with Crippen molar-refractivity contribution < 1.29 is 4.39 Å². The summed E-state index contributed by atoms with van der Waals surface area (Å²) in [5.41, 5.74) is 0. The van der Waals surface area contributed by atoms with E-state index in [9.17, 15) is 4.39 Å². The lowest BCUT2D eigenvalue weighted by atomic mass is 10.8. The van der Waals surface area contributed by atoms with Gasteiger partial charge < -0.3 is 6.15 Å². The van der Waals surface area contributed by atoms with Crippen LogP contribution in [-0.4, -0.2) is 15.1 Å². The minimum absolute atomic E-state index is 0. The van der Waals surface area contributed by atoms with Crippen molar-refractivity contribution in [1.29, 1.82) is 0 Å². The summed E-state index contributed by atoms with van der Waals surface area (Å²) in [6.07, 6.45) is 0. The SMILES string of the molecule is B.CCF.N. The zero-order valence-corrected chi connectivity index (χ0v) is 2.79. The first kappa shape index (κ1) is 20.3. The van der Waals surface area contributed by atoms with Gasteiger partial charge in [-0.3, -0.25) is 4.39 Å². The van der Waals surface area contributed by atoms with Crippen molar-refractivity contribution in [1.82, 2.24) is 6.15 Å². The fourth-order valence-corrected chi connectivity index (χ4v) is 0. The molecule has 0 saturated carbocycles. The van der Waals surface area contributed by atoms with Gasteiger partial charge in [-0.2, -0.15) is 0 Å². The monoisotopic (exact) mass is 79.1 g/mol. The fraction of sp³-hybridized carbons (Fsp3) is 1.00. The van der Waals surface area contributed by atoms with Crippen LogP contribution in [0.5, 0.6) is 0 Å². The van der Waals surface area contributed by atoms with Gasteiger partial charge in [0.05, 0.1) is 15.1 Å². The summed E-state index contributed by atoms with van der Waals surface area (Å²) in [4.78, 5) is 0. The van der Waals surface area contributed by atoms with E-state index < -0.39 is 0 Å². The maximum absolute atomic E-state index is 10.3. The molecule has 0 rings (SSSR count). The van der Waals surface area contributed by atoms with E-state index in [0.717, 1.165) is 0 Å². The van der Waals surface area contributed by atoms with Crippen molar-refractivity contribution in [3.8, 4) is 0 Å². The van der Waals surface area contributed by atoms with Crippen LogP contribution < -0.4 is 6.15 Å². The molecule has 0 saturated heterocycles. The summed E-state index contributed by atoms with van der Waals surface area (Å²) in [5.74, 6) is 0. The maximum Gasteiger partial charge on any atom is 0.0866 e. The second-order valence-electron chi connectivity index (χ2n) is 0.267. The zero-order chi connectivity index (χ0) is 2.71. The van der Waals surface area contributed by atoms with Gasteiger partial charge in [0.15, 0.2) is 0 Å². The Hall–Kier alpha value is -0.0451. The average Bonchev–Trinajstić information content (AvgIpc) is 0.918. The Balaban J connectivity index is -0.0000000200. The zero-order valence-electron chi connectivity index (χ0n) is 2.79. The molecule has 0 amide bonds. The Morgan fingerprint density at radius 3 is 1.60 bits per heavy atom. The van der Waals surface area contributed by atoms with Gasteiger partial charge in [0, 0.05) is 0 Å². The summed E-state index contributed by atoms with van der Waals surface area (Å²) in [6.45, 7) is 1.21. The minimum Gasteiger partial charge on any atom is -0.344 e. The number of alkyl halides is 1. The summed E-state index contributed by atoms with van der Waals surface area (Å²) in [5, 5.41) is 0. The van der Waals surface area contributed by atoms with E-state index in [-0.39, 0.29) is 21.2 Å². The van der Waals surface area contributed by atoms with Crippen molar-refractivity contribution in [2.45, 2.75) is 6.92 Å². The number of halogens is 1. The van der Waals surface area contributed by atoms with Crippen molar-refractivity contribution in [2.24, 2.45) is 0 Å². The molecule has 1 nitrogen and oxygen atoms in total. The van der Waals surface area contributed by atoms with Gasteiger partial charge in [-0.25, -0.2) is 0 Å². The van der Waals surface area contributed by atoms with Crippen LogP contribution in [0.2, 0.25) is 0 Å². The van der Waals surface area contributed by atoms with Crippen LogP contribution in [0.1, 0.15) is 6.92 Å². The highest BCUT2D eigenvalue weighted by Crippen LogP contribution is 1.48. The summed E-state index contributed by atoms with van der Waals surface area (Å²) in [7, 11) is 0. The van der Waals surface area contributed by atoms with Crippen LogP contribution in [-0.2, 0) is 0 Å². The van der Waals surface area contributed by atoms with Crippen LogP contribution in [0.3, 0.4) is 0 Å². The van der Waals surface area contributed by atoms with Crippen LogP contribution in [0.25, 0.3) is 0 Å². The fourth-order valence-electron chi connectivity index (χ4n) is 0. The van der Waals surface area contributed by atoms with Crippen LogP contribution in [0.4, 0.5) is 4.39 Å². The largest absolute Gasteiger partial charge is 0.344 e. The Labute approximate surface area is 33.7 Å². The van der Waals surface area contributed by atoms with Gasteiger partial charge in [-0.15, -0.1) is 0 Å². The van der Waals surface area contributed by atoms with E-state index >= 15 is 0 Å². The van der Waals surface area contributed by atoms with Gasteiger partial charge >= 0.3 is 0 Å². The van der Waals surface area contributed by atoms with Gasteiger partial charge in [0.1, 0.15) is 0 Å². The highest BCUT2D eigenvalue weighted by molar-refractivity contribution is 5.75. The van der Waals surface area contributed by atoms with Crippen molar-refractivity contribution >= 4 is 8.41 Å². The average molecular weight is 78.9 g/mol. The molecule has 5 heavy (non-hydrogen) atoms. The molecule has 0 radical (unpaired) electrons. The molecule has 0 bridgehead atoms. The molecule has 0 aliphatic rings. The summed E-state index contributed by atoms with van der Waals surface area (Å²) < 4.78 is 10.3. The van der Waals surface area contributed by atoms with Gasteiger partial charge in [-0.1, -0.05) is 0 Å². The topological polar surface area (TPSA) is 35.0 Å². The molecule has 0 spiro atoms. The van der Waals surface area contributed by atoms with E-state index in [2.05, 4.69) is 0 Å². The van der Waals surface area contributed by atoms with Crippen molar-refractivity contribution in [3.05, 3.63) is 0 Å². The molecule has 0 unspecified atom stereocenters. The minimum atomic E-state index is -0.250. The van der Waals surface area contributed by atoms with E-state index in [1.807, 2.05) is 0 Å². The van der Waals surface area contributed by atoms with Gasteiger partial charge in [0.2, 0.25) is 0 Å². The highest BCUT2D eigenvalue weighted by atomic mass is 19.1. The third-order valence-electron chi connectivity index (χ3n) is 0. The van der Waals surface area contributed by atoms with Gasteiger partial charge in [-0.05, 0) is 6.92 Å². The molecule has 0 atom stereocenters. The van der Waals surface area contributed by atoms with Crippen molar-refractivity contribution in [3.63, 3.8) is 0 Å². The predicted octanol–water partition coefficient (Wildman–Crippen LogP) is -0.0461. The molecule has 34 valence electrons. The Bertz CT molecular complexity index is 9.61. The second-order valence-corrected chi connectivity index (χ2v) is 0.267. The predicted molar refractivity (Wildman–Crippen MR) is 26.6 cm³/mol. The quantitative estimate of drug-likeness (QED) is 0.406. The molecule has 0 aliphatic carbocycles. The van der Waals surface area contributed by atoms with E-state index in [1.165, 1.54) is 6.92 Å². The molecule has 3 N–H and O–H groups in total. The standard InChI is InChI=1S/C2H5F.BH3.H3N/c1-2-3;;/h2H2,1H3;2*1H3. The molecule has 0 heterocycles. The molecular formula is C2H11BFN. The molecule has 0 aromatic heterocycles. The molecule has 0 aromatic carbocycles. The summed E-state index contributed by atoms with van der Waals surface area (Å²) in [6, 6.07) is 0. The van der Waals surface area contributed by atoms with Crippen molar-refractivity contribution in [2.75, 3.05) is 6.67 Å². The van der Waals surface area contributed by atoms with E-state index in [4.69, 9.17) is 0 Å². The first-order valence-electron chi connectivity index (χ1n) is 0.974. The Kier molecular flexibility index (Phi) is 154. The smallest absolute Gasteiger partial charge is 0.0866 e. The van der Waals surface area contributed by atoms with Gasteiger partial charge in [0.25, 0.3) is 0 Å². The number of rotatable bonds is 0. The van der Waals surface area contributed by atoms with Crippen LogP contribution in [0.15, 0.2) is 0 Å². The molecule has 0 fully saturated rings. The van der Waals surface area contributed by atoms with E-state index in [0.29, 0.717) is 0 Å². The third kappa shape index (κ3) is 7440. The highest BCUT2D eigenvalue weighted by Gasteiger charge is 1.39. The molecular weight excluding hydrogens is 67.8 g/mol. The lowest BCUT2D eigenvalue weighted by Gasteiger charge is -1.45. The van der Waals surface area contributed by atoms with Crippen LogP contribution >= 0.6 is 0 Å². The molecule has 3 heteroatoms. The number of hydrogen-bond acceptors (Lipinski definition) is 1. The third-order valence-corrected chi connectivity index (χ3v) is 0. The second kappa shape index (κ2) is 37.9. The first-order valence-corrected chi connectivity index (χ1v) is 0.974.